The number of methoxy groups -OCH3 is 1. The molecule has 0 bridgehead atoms. The van der Waals surface area contributed by atoms with Crippen molar-refractivity contribution in [1.29, 1.82) is 5.26 Å². The van der Waals surface area contributed by atoms with E-state index in [9.17, 15) is 14.9 Å². The second-order valence-electron chi connectivity index (χ2n) is 7.66. The van der Waals surface area contributed by atoms with Gasteiger partial charge in [-0.05, 0) is 63.8 Å². The summed E-state index contributed by atoms with van der Waals surface area (Å²) >= 11 is 0. The van der Waals surface area contributed by atoms with E-state index in [4.69, 9.17) is 9.47 Å². The summed E-state index contributed by atoms with van der Waals surface area (Å²) < 4.78 is 11.7. The number of benzene rings is 1. The lowest BCUT2D eigenvalue weighted by atomic mass is 9.65. The minimum atomic E-state index is -0.636. The Morgan fingerprint density at radius 3 is 2.46 bits per heavy atom. The number of carbonyl (C=O) groups is 2. The Bertz CT molecular complexity index is 924. The Balaban J connectivity index is 2.20. The molecule has 0 radical (unpaired) electrons. The first-order chi connectivity index (χ1) is 12.2. The van der Waals surface area contributed by atoms with Gasteiger partial charge in [0, 0.05) is 11.6 Å². The molecular weight excluding hydrogens is 332 g/mol. The maximum absolute atomic E-state index is 12.7. The first kappa shape index (κ1) is 18.0. The summed E-state index contributed by atoms with van der Waals surface area (Å²) in [6.45, 7) is 5.40. The van der Waals surface area contributed by atoms with E-state index in [1.54, 1.807) is 45.2 Å². The van der Waals surface area contributed by atoms with Crippen LogP contribution in [-0.2, 0) is 14.9 Å². The fourth-order valence-electron chi connectivity index (χ4n) is 3.29. The summed E-state index contributed by atoms with van der Waals surface area (Å²) in [6, 6.07) is 7.40. The fraction of sp³-hybridized carbons (Fsp3) is 0.450. The van der Waals surface area contributed by atoms with Crippen LogP contribution in [0, 0.1) is 11.3 Å². The van der Waals surface area contributed by atoms with E-state index >= 15 is 0 Å². The number of aromatic nitrogens is 1. The molecular formula is C20H22N2O4. The molecule has 1 saturated carbocycles. The molecule has 6 nitrogen and oxygen atoms in total. The van der Waals surface area contributed by atoms with Gasteiger partial charge < -0.3 is 9.47 Å². The highest BCUT2D eigenvalue weighted by atomic mass is 16.6. The van der Waals surface area contributed by atoms with Crippen LogP contribution in [0.1, 0.15) is 56.0 Å². The van der Waals surface area contributed by atoms with Gasteiger partial charge in [-0.2, -0.15) is 5.26 Å². The molecule has 0 spiro atoms. The number of ether oxygens (including phenoxy) is 2. The third-order valence-corrected chi connectivity index (χ3v) is 4.75. The first-order valence-corrected chi connectivity index (χ1v) is 8.59. The molecule has 1 fully saturated rings. The monoisotopic (exact) mass is 354 g/mol. The number of nitrogens with zero attached hydrogens (tertiary/aromatic N) is 2. The molecule has 0 aliphatic heterocycles. The van der Waals surface area contributed by atoms with Crippen LogP contribution in [0.5, 0.6) is 0 Å². The van der Waals surface area contributed by atoms with Crippen molar-refractivity contribution in [3.8, 4) is 6.07 Å². The molecule has 1 aliphatic carbocycles. The molecule has 136 valence electrons. The average Bonchev–Trinajstić information content (AvgIpc) is 2.91. The lowest BCUT2D eigenvalue weighted by molar-refractivity contribution is 0.0542. The Labute approximate surface area is 152 Å². The Morgan fingerprint density at radius 1 is 1.27 bits per heavy atom. The smallest absolute Gasteiger partial charge is 0.419 e. The molecule has 2 aromatic rings. The van der Waals surface area contributed by atoms with Crippen LogP contribution in [0.3, 0.4) is 0 Å². The van der Waals surface area contributed by atoms with Crippen molar-refractivity contribution < 1.29 is 19.1 Å². The van der Waals surface area contributed by atoms with E-state index in [1.807, 2.05) is 0 Å². The van der Waals surface area contributed by atoms with Gasteiger partial charge in [0.2, 0.25) is 0 Å². The number of rotatable bonds is 2. The van der Waals surface area contributed by atoms with E-state index in [0.717, 1.165) is 24.8 Å². The number of fused-ring (bicyclic) bond motifs is 1. The summed E-state index contributed by atoms with van der Waals surface area (Å²) in [6.07, 6.45) is 3.61. The normalized spacial score (nSPS) is 15.8. The third-order valence-electron chi connectivity index (χ3n) is 4.75. The summed E-state index contributed by atoms with van der Waals surface area (Å²) in [7, 11) is 1.32. The maximum atomic E-state index is 12.7. The van der Waals surface area contributed by atoms with Gasteiger partial charge in [-0.3, -0.25) is 4.57 Å². The minimum absolute atomic E-state index is 0.385. The number of hydrogen-bond donors (Lipinski definition) is 0. The first-order valence-electron chi connectivity index (χ1n) is 8.59. The zero-order chi connectivity index (χ0) is 19.1. The van der Waals surface area contributed by atoms with Crippen LogP contribution >= 0.6 is 0 Å². The topological polar surface area (TPSA) is 81.3 Å². The molecule has 1 heterocycles. The number of carbonyl (C=O) groups excluding carboxylic acids is 2. The second kappa shape index (κ2) is 6.17. The third kappa shape index (κ3) is 2.94. The average molecular weight is 354 g/mol. The number of esters is 1. The van der Waals surface area contributed by atoms with E-state index < -0.39 is 23.1 Å². The molecule has 1 aromatic carbocycles. The summed E-state index contributed by atoms with van der Waals surface area (Å²) in [5.41, 5.74) is 0.501. The molecule has 0 N–H and O–H groups in total. The highest BCUT2D eigenvalue weighted by Crippen LogP contribution is 2.46. The predicted octanol–water partition coefficient (Wildman–Crippen LogP) is 4.16. The molecule has 1 aromatic heterocycles. The quantitative estimate of drug-likeness (QED) is 0.757. The molecule has 1 aliphatic rings. The largest absolute Gasteiger partial charge is 0.465 e. The zero-order valence-electron chi connectivity index (χ0n) is 15.5. The van der Waals surface area contributed by atoms with Crippen LogP contribution in [0.15, 0.2) is 24.4 Å². The van der Waals surface area contributed by atoms with Gasteiger partial charge in [0.1, 0.15) is 5.60 Å². The van der Waals surface area contributed by atoms with E-state index in [2.05, 4.69) is 6.07 Å². The minimum Gasteiger partial charge on any atom is -0.465 e. The van der Waals surface area contributed by atoms with Crippen LogP contribution < -0.4 is 0 Å². The lowest BCUT2D eigenvalue weighted by Crippen LogP contribution is -2.32. The van der Waals surface area contributed by atoms with Crippen molar-refractivity contribution in [2.75, 3.05) is 7.11 Å². The van der Waals surface area contributed by atoms with Gasteiger partial charge in [0.25, 0.3) is 0 Å². The van der Waals surface area contributed by atoms with Crippen molar-refractivity contribution in [2.24, 2.45) is 0 Å². The molecule has 0 unspecified atom stereocenters. The van der Waals surface area contributed by atoms with Gasteiger partial charge in [0.05, 0.1) is 29.7 Å². The fourth-order valence-corrected chi connectivity index (χ4v) is 3.29. The summed E-state index contributed by atoms with van der Waals surface area (Å²) in [5.74, 6) is -0.456. The Kier molecular flexibility index (Phi) is 4.27. The molecule has 0 saturated heterocycles. The highest BCUT2D eigenvalue weighted by molar-refractivity contribution is 5.99. The van der Waals surface area contributed by atoms with Crippen molar-refractivity contribution in [3.05, 3.63) is 35.5 Å². The Hall–Kier alpha value is -2.81. The molecule has 0 atom stereocenters. The molecule has 6 heteroatoms. The van der Waals surface area contributed by atoms with Crippen LogP contribution in [0.4, 0.5) is 4.79 Å². The van der Waals surface area contributed by atoms with E-state index in [1.165, 1.54) is 11.7 Å². The van der Waals surface area contributed by atoms with E-state index in [0.29, 0.717) is 16.5 Å². The molecule has 26 heavy (non-hydrogen) atoms. The summed E-state index contributed by atoms with van der Waals surface area (Å²) in [5, 5.41) is 10.4. The number of nitriles is 1. The van der Waals surface area contributed by atoms with Crippen LogP contribution in [0.2, 0.25) is 0 Å². The molecule has 0 amide bonds. The standard InChI is InChI=1S/C20H22N2O4/c1-19(2,3)26-18(24)22-11-15(20(12-21)8-5-9-20)14-10-13(17(23)25-4)6-7-16(14)22/h6-7,10-11H,5,8-9H2,1-4H3. The zero-order valence-corrected chi connectivity index (χ0v) is 15.5. The maximum Gasteiger partial charge on any atom is 0.419 e. The Morgan fingerprint density at radius 2 is 1.96 bits per heavy atom. The summed E-state index contributed by atoms with van der Waals surface area (Å²) in [4.78, 5) is 24.6. The van der Waals surface area contributed by atoms with Gasteiger partial charge in [-0.1, -0.05) is 0 Å². The van der Waals surface area contributed by atoms with Gasteiger partial charge >= 0.3 is 12.1 Å². The van der Waals surface area contributed by atoms with Crippen molar-refractivity contribution >= 4 is 23.0 Å². The van der Waals surface area contributed by atoms with Crippen LogP contribution in [0.25, 0.3) is 10.9 Å². The second-order valence-corrected chi connectivity index (χ2v) is 7.66. The van der Waals surface area contributed by atoms with Gasteiger partial charge in [-0.25, -0.2) is 9.59 Å². The SMILES string of the molecule is COC(=O)c1ccc2c(c1)c(C1(C#N)CCC1)cn2C(=O)OC(C)(C)C. The van der Waals surface area contributed by atoms with Crippen molar-refractivity contribution in [3.63, 3.8) is 0 Å². The predicted molar refractivity (Wildman–Crippen MR) is 96.1 cm³/mol. The number of hydrogen-bond acceptors (Lipinski definition) is 5. The van der Waals surface area contributed by atoms with Crippen molar-refractivity contribution in [1.82, 2.24) is 4.57 Å². The van der Waals surface area contributed by atoms with Gasteiger partial charge in [0.15, 0.2) is 0 Å². The highest BCUT2D eigenvalue weighted by Gasteiger charge is 2.42. The van der Waals surface area contributed by atoms with E-state index in [-0.39, 0.29) is 0 Å². The molecule has 3 rings (SSSR count). The van der Waals surface area contributed by atoms with Crippen LogP contribution in [-0.4, -0.2) is 29.3 Å². The van der Waals surface area contributed by atoms with Crippen molar-refractivity contribution in [2.45, 2.75) is 51.0 Å². The lowest BCUT2D eigenvalue weighted by Gasteiger charge is -2.35. The van der Waals surface area contributed by atoms with Gasteiger partial charge in [-0.15, -0.1) is 0 Å².